The zero-order valence-corrected chi connectivity index (χ0v) is 7.89. The highest BCUT2D eigenvalue weighted by Gasteiger charge is 2.01. The zero-order valence-electron chi connectivity index (χ0n) is 7.07. The lowest BCUT2D eigenvalue weighted by molar-refractivity contribution is 0.152. The molecule has 5 heteroatoms. The summed E-state index contributed by atoms with van der Waals surface area (Å²) in [7, 11) is 0. The van der Waals surface area contributed by atoms with Crippen molar-refractivity contribution in [2.45, 2.75) is 26.2 Å². The maximum Gasteiger partial charge on any atom is 0.255 e. The van der Waals surface area contributed by atoms with Crippen LogP contribution in [0.2, 0.25) is 0 Å². The molecular weight excluding hydrogens is 182 g/mol. The fourth-order valence-electron chi connectivity index (χ4n) is 0.611. The fourth-order valence-corrected chi connectivity index (χ4v) is 0.796. The third-order valence-corrected chi connectivity index (χ3v) is 1.52. The van der Waals surface area contributed by atoms with E-state index in [1.165, 1.54) is 0 Å². The lowest BCUT2D eigenvalue weighted by Crippen LogP contribution is -2.38. The first-order valence-electron chi connectivity index (χ1n) is 3.96. The van der Waals surface area contributed by atoms with Crippen molar-refractivity contribution in [3.8, 4) is 0 Å². The predicted octanol–water partition coefficient (Wildman–Crippen LogP) is 1.52. The van der Waals surface area contributed by atoms with E-state index in [0.717, 1.165) is 19.4 Å². The Kier molecular flexibility index (Phi) is 6.94. The van der Waals surface area contributed by atoms with Crippen molar-refractivity contribution in [3.63, 3.8) is 0 Å². The van der Waals surface area contributed by atoms with Gasteiger partial charge in [-0.2, -0.15) is 0 Å². The third kappa shape index (κ3) is 7.65. The van der Waals surface area contributed by atoms with Crippen LogP contribution < -0.4 is 10.6 Å². The predicted molar refractivity (Wildman–Crippen MR) is 49.5 cm³/mol. The number of unbranched alkanes of at least 4 members (excludes halogenated alkanes) is 1. The van der Waals surface area contributed by atoms with Crippen LogP contribution in [0.1, 0.15) is 19.8 Å². The average Bonchev–Trinajstić information content (AvgIpc) is 2.01. The number of nitrogens with one attached hydrogen (secondary N) is 2. The number of rotatable bonds is 5. The molecule has 0 bridgehead atoms. The Hall–Kier alpha value is -0.450. The Balaban J connectivity index is 3.22. The molecule has 0 radical (unpaired) electrons. The van der Waals surface area contributed by atoms with Gasteiger partial charge in [0, 0.05) is 6.54 Å². The van der Waals surface area contributed by atoms with Crippen molar-refractivity contribution in [1.29, 1.82) is 0 Å². The van der Waals surface area contributed by atoms with Gasteiger partial charge in [0.2, 0.25) is 0 Å². The lowest BCUT2D eigenvalue weighted by atomic mass is 10.3. The maximum atomic E-state index is 11.6. The third-order valence-electron chi connectivity index (χ3n) is 1.23. The molecule has 2 N–H and O–H groups in total. The molecule has 0 atom stereocenters. The summed E-state index contributed by atoms with van der Waals surface area (Å²) in [5, 5.41) is 5.55. The summed E-state index contributed by atoms with van der Waals surface area (Å²) in [6, 6.07) is 0. The lowest BCUT2D eigenvalue weighted by Gasteiger charge is -2.08. The number of hydrogen-bond donors (Lipinski definition) is 2. The number of alkyl halides is 2. The zero-order chi connectivity index (χ0) is 9.40. The summed E-state index contributed by atoms with van der Waals surface area (Å²) >= 11 is 4.73. The molecule has 2 nitrogen and oxygen atoms in total. The molecule has 0 aromatic heterocycles. The van der Waals surface area contributed by atoms with Crippen molar-refractivity contribution in [2.75, 3.05) is 13.1 Å². The van der Waals surface area contributed by atoms with Gasteiger partial charge in [-0.3, -0.25) is 0 Å². The van der Waals surface area contributed by atoms with E-state index in [4.69, 9.17) is 12.2 Å². The minimum atomic E-state index is -2.35. The van der Waals surface area contributed by atoms with Crippen molar-refractivity contribution in [1.82, 2.24) is 10.6 Å². The fraction of sp³-hybridized carbons (Fsp3) is 0.857. The van der Waals surface area contributed by atoms with E-state index >= 15 is 0 Å². The van der Waals surface area contributed by atoms with Crippen LogP contribution >= 0.6 is 12.2 Å². The average molecular weight is 196 g/mol. The largest absolute Gasteiger partial charge is 0.363 e. The first-order chi connectivity index (χ1) is 5.66. The van der Waals surface area contributed by atoms with E-state index < -0.39 is 6.43 Å². The number of thiocarbonyl (C=S) groups is 1. The van der Waals surface area contributed by atoms with E-state index in [1.54, 1.807) is 0 Å². The molecule has 0 unspecified atom stereocenters. The Morgan fingerprint density at radius 3 is 2.58 bits per heavy atom. The summed E-state index contributed by atoms with van der Waals surface area (Å²) < 4.78 is 23.3. The molecule has 0 saturated carbocycles. The molecule has 0 spiro atoms. The van der Waals surface area contributed by atoms with Gasteiger partial charge < -0.3 is 10.6 Å². The molecule has 0 aromatic carbocycles. The van der Waals surface area contributed by atoms with Crippen LogP contribution in [0.4, 0.5) is 8.78 Å². The summed E-state index contributed by atoms with van der Waals surface area (Å²) in [5.41, 5.74) is 0. The van der Waals surface area contributed by atoms with Crippen LogP contribution in [0.25, 0.3) is 0 Å². The summed E-state index contributed by atoms with van der Waals surface area (Å²) in [6.45, 7) is 2.42. The Morgan fingerprint density at radius 2 is 2.08 bits per heavy atom. The first kappa shape index (κ1) is 11.6. The molecule has 72 valence electrons. The van der Waals surface area contributed by atoms with Crippen LogP contribution in [-0.2, 0) is 0 Å². The molecule has 0 aliphatic rings. The summed E-state index contributed by atoms with van der Waals surface area (Å²) in [4.78, 5) is 0. The second-order valence-corrected chi connectivity index (χ2v) is 2.79. The second-order valence-electron chi connectivity index (χ2n) is 2.38. The quantitative estimate of drug-likeness (QED) is 0.515. The van der Waals surface area contributed by atoms with Crippen molar-refractivity contribution < 1.29 is 8.78 Å². The summed E-state index contributed by atoms with van der Waals surface area (Å²) in [5.74, 6) is 0. The molecule has 0 rings (SSSR count). The molecule has 12 heavy (non-hydrogen) atoms. The van der Waals surface area contributed by atoms with E-state index in [9.17, 15) is 8.78 Å². The minimum absolute atomic E-state index is 0.309. The SMILES string of the molecule is CCCCNC(=S)NCC(F)F. The van der Waals surface area contributed by atoms with Crippen molar-refractivity contribution in [3.05, 3.63) is 0 Å². The van der Waals surface area contributed by atoms with Gasteiger partial charge in [-0.15, -0.1) is 0 Å². The molecular formula is C7H14F2N2S. The molecule has 0 aromatic rings. The minimum Gasteiger partial charge on any atom is -0.363 e. The van der Waals surface area contributed by atoms with Gasteiger partial charge in [-0.1, -0.05) is 13.3 Å². The Labute approximate surface area is 76.7 Å². The smallest absolute Gasteiger partial charge is 0.255 e. The normalized spacial score (nSPS) is 10.0. The standard InChI is InChI=1S/C7H14F2N2S/c1-2-3-4-10-7(12)11-5-6(8)9/h6H,2-5H2,1H3,(H2,10,11,12). The Morgan fingerprint density at radius 1 is 1.42 bits per heavy atom. The second kappa shape index (κ2) is 7.21. The van der Waals surface area contributed by atoms with Crippen molar-refractivity contribution in [2.24, 2.45) is 0 Å². The van der Waals surface area contributed by atoms with Crippen LogP contribution in [0.5, 0.6) is 0 Å². The highest BCUT2D eigenvalue weighted by atomic mass is 32.1. The van der Waals surface area contributed by atoms with E-state index in [2.05, 4.69) is 17.6 Å². The van der Waals surface area contributed by atoms with Gasteiger partial charge in [0.05, 0.1) is 6.54 Å². The van der Waals surface area contributed by atoms with Gasteiger partial charge in [-0.25, -0.2) is 8.78 Å². The van der Waals surface area contributed by atoms with Gasteiger partial charge in [0.1, 0.15) is 0 Å². The van der Waals surface area contributed by atoms with Crippen molar-refractivity contribution >= 4 is 17.3 Å². The highest BCUT2D eigenvalue weighted by Crippen LogP contribution is 1.87. The van der Waals surface area contributed by atoms with Crippen LogP contribution in [-0.4, -0.2) is 24.6 Å². The van der Waals surface area contributed by atoms with Gasteiger partial charge in [0.25, 0.3) is 6.43 Å². The van der Waals surface area contributed by atoms with Gasteiger partial charge in [-0.05, 0) is 18.6 Å². The topological polar surface area (TPSA) is 24.1 Å². The van der Waals surface area contributed by atoms with Crippen LogP contribution in [0, 0.1) is 0 Å². The van der Waals surface area contributed by atoms with E-state index in [1.807, 2.05) is 0 Å². The molecule has 0 aliphatic heterocycles. The summed E-state index contributed by atoms with van der Waals surface area (Å²) in [6.07, 6.45) is -0.294. The molecule has 0 heterocycles. The first-order valence-corrected chi connectivity index (χ1v) is 4.37. The maximum absolute atomic E-state index is 11.6. The monoisotopic (exact) mass is 196 g/mol. The molecule has 0 amide bonds. The number of halogens is 2. The van der Waals surface area contributed by atoms with Gasteiger partial charge >= 0.3 is 0 Å². The van der Waals surface area contributed by atoms with Crippen LogP contribution in [0.15, 0.2) is 0 Å². The Bertz CT molecular complexity index is 131. The molecule has 0 aliphatic carbocycles. The van der Waals surface area contributed by atoms with Crippen LogP contribution in [0.3, 0.4) is 0 Å². The number of hydrogen-bond acceptors (Lipinski definition) is 1. The van der Waals surface area contributed by atoms with E-state index in [-0.39, 0.29) is 6.54 Å². The molecule has 0 fully saturated rings. The highest BCUT2D eigenvalue weighted by molar-refractivity contribution is 7.80. The van der Waals surface area contributed by atoms with E-state index in [0.29, 0.717) is 5.11 Å². The molecule has 0 saturated heterocycles. The van der Waals surface area contributed by atoms with Gasteiger partial charge in [0.15, 0.2) is 5.11 Å².